The minimum atomic E-state index is -0.107. The van der Waals surface area contributed by atoms with Crippen molar-refractivity contribution in [2.45, 2.75) is 6.42 Å². The van der Waals surface area contributed by atoms with Crippen LogP contribution in [0.2, 0.25) is 5.02 Å². The van der Waals surface area contributed by atoms with Crippen LogP contribution in [0, 0.1) is 0 Å². The molecule has 3 nitrogen and oxygen atoms in total. The Labute approximate surface area is 101 Å². The van der Waals surface area contributed by atoms with E-state index in [0.29, 0.717) is 17.1 Å². The minimum Gasteiger partial charge on any atom is -0.352 e. The molecule has 16 heavy (non-hydrogen) atoms. The number of benzene rings is 1. The summed E-state index contributed by atoms with van der Waals surface area (Å²) in [6.45, 7) is 1.63. The van der Waals surface area contributed by atoms with E-state index >= 15 is 0 Å². The number of nitrogens with one attached hydrogen (secondary N) is 1. The second-order valence-corrected chi connectivity index (χ2v) is 4.30. The van der Waals surface area contributed by atoms with Crippen LogP contribution in [-0.4, -0.2) is 38.0 Å². The predicted molar refractivity (Wildman–Crippen MR) is 67.0 cm³/mol. The molecule has 0 aliphatic rings. The van der Waals surface area contributed by atoms with Crippen molar-refractivity contribution in [2.75, 3.05) is 27.2 Å². The van der Waals surface area contributed by atoms with Crippen LogP contribution >= 0.6 is 11.6 Å². The fourth-order valence-corrected chi connectivity index (χ4v) is 1.56. The molecule has 1 aromatic carbocycles. The van der Waals surface area contributed by atoms with Crippen molar-refractivity contribution in [2.24, 2.45) is 0 Å². The molecule has 1 aromatic rings. The van der Waals surface area contributed by atoms with Gasteiger partial charge in [0.25, 0.3) is 5.91 Å². The third-order valence-electron chi connectivity index (χ3n) is 2.19. The summed E-state index contributed by atoms with van der Waals surface area (Å²) >= 11 is 5.91. The van der Waals surface area contributed by atoms with Crippen molar-refractivity contribution >= 4 is 17.5 Å². The summed E-state index contributed by atoms with van der Waals surface area (Å²) in [5.41, 5.74) is 0.536. The van der Waals surface area contributed by atoms with E-state index in [1.54, 1.807) is 18.2 Å². The summed E-state index contributed by atoms with van der Waals surface area (Å²) in [4.78, 5) is 13.8. The number of rotatable bonds is 5. The Kier molecular flexibility index (Phi) is 5.29. The molecule has 0 unspecified atom stereocenters. The topological polar surface area (TPSA) is 32.3 Å². The van der Waals surface area contributed by atoms with E-state index in [0.717, 1.165) is 13.0 Å². The molecule has 0 bridgehead atoms. The molecule has 1 N–H and O–H groups in total. The molecule has 0 radical (unpaired) electrons. The van der Waals surface area contributed by atoms with Gasteiger partial charge in [0.1, 0.15) is 0 Å². The maximum Gasteiger partial charge on any atom is 0.252 e. The van der Waals surface area contributed by atoms with Gasteiger partial charge in [0.05, 0.1) is 10.6 Å². The Bertz CT molecular complexity index is 353. The minimum absolute atomic E-state index is 0.107. The molecule has 0 spiro atoms. The number of amides is 1. The molecular weight excluding hydrogens is 224 g/mol. The number of carbonyl (C=O) groups excluding carboxylic acids is 1. The summed E-state index contributed by atoms with van der Waals surface area (Å²) in [6, 6.07) is 7.06. The van der Waals surface area contributed by atoms with Crippen LogP contribution in [-0.2, 0) is 0 Å². The zero-order valence-electron chi connectivity index (χ0n) is 9.66. The molecule has 1 rings (SSSR count). The highest BCUT2D eigenvalue weighted by molar-refractivity contribution is 6.33. The highest BCUT2D eigenvalue weighted by atomic mass is 35.5. The molecule has 1 amide bonds. The SMILES string of the molecule is CN(C)CCCNC(=O)c1ccccc1Cl. The highest BCUT2D eigenvalue weighted by Gasteiger charge is 2.07. The average molecular weight is 241 g/mol. The van der Waals surface area contributed by atoms with Crippen LogP contribution in [0.1, 0.15) is 16.8 Å². The monoisotopic (exact) mass is 240 g/mol. The van der Waals surface area contributed by atoms with Crippen LogP contribution < -0.4 is 5.32 Å². The van der Waals surface area contributed by atoms with Gasteiger partial charge in [0.2, 0.25) is 0 Å². The molecule has 0 saturated carbocycles. The summed E-state index contributed by atoms with van der Waals surface area (Å²) in [7, 11) is 4.02. The van der Waals surface area contributed by atoms with Gasteiger partial charge in [-0.1, -0.05) is 23.7 Å². The zero-order chi connectivity index (χ0) is 12.0. The van der Waals surface area contributed by atoms with Gasteiger partial charge in [-0.2, -0.15) is 0 Å². The van der Waals surface area contributed by atoms with Crippen molar-refractivity contribution < 1.29 is 4.79 Å². The number of hydrogen-bond acceptors (Lipinski definition) is 2. The molecule has 0 atom stereocenters. The maximum absolute atomic E-state index is 11.7. The number of halogens is 1. The lowest BCUT2D eigenvalue weighted by Crippen LogP contribution is -2.27. The Hall–Kier alpha value is -1.06. The lowest BCUT2D eigenvalue weighted by molar-refractivity contribution is 0.0952. The lowest BCUT2D eigenvalue weighted by atomic mass is 10.2. The van der Waals surface area contributed by atoms with Crippen molar-refractivity contribution in [3.8, 4) is 0 Å². The second kappa shape index (κ2) is 6.51. The first-order chi connectivity index (χ1) is 7.61. The summed E-state index contributed by atoms with van der Waals surface area (Å²) in [5.74, 6) is -0.107. The molecule has 0 fully saturated rings. The molecule has 4 heteroatoms. The molecule has 0 aliphatic heterocycles. The maximum atomic E-state index is 11.7. The van der Waals surface area contributed by atoms with Crippen molar-refractivity contribution in [1.29, 1.82) is 0 Å². The molecule has 0 saturated heterocycles. The fraction of sp³-hybridized carbons (Fsp3) is 0.417. The lowest BCUT2D eigenvalue weighted by Gasteiger charge is -2.10. The molecule has 0 aromatic heterocycles. The summed E-state index contributed by atoms with van der Waals surface area (Å²) in [5, 5.41) is 3.34. The quantitative estimate of drug-likeness (QED) is 0.799. The molecule has 0 heterocycles. The van der Waals surface area contributed by atoms with Gasteiger partial charge in [-0.3, -0.25) is 4.79 Å². The second-order valence-electron chi connectivity index (χ2n) is 3.89. The largest absolute Gasteiger partial charge is 0.352 e. The van der Waals surface area contributed by atoms with Crippen LogP contribution in [0.15, 0.2) is 24.3 Å². The van der Waals surface area contributed by atoms with E-state index in [1.165, 1.54) is 0 Å². The Morgan fingerprint density at radius 1 is 1.38 bits per heavy atom. The van der Waals surface area contributed by atoms with E-state index < -0.39 is 0 Å². The standard InChI is InChI=1S/C12H17ClN2O/c1-15(2)9-5-8-14-12(16)10-6-3-4-7-11(10)13/h3-4,6-7H,5,8-9H2,1-2H3,(H,14,16). The van der Waals surface area contributed by atoms with E-state index in [-0.39, 0.29) is 5.91 Å². The van der Waals surface area contributed by atoms with Crippen molar-refractivity contribution in [3.05, 3.63) is 34.9 Å². The van der Waals surface area contributed by atoms with E-state index in [1.807, 2.05) is 20.2 Å². The first-order valence-corrected chi connectivity index (χ1v) is 5.66. The van der Waals surface area contributed by atoms with Gasteiger partial charge in [-0.25, -0.2) is 0 Å². The van der Waals surface area contributed by atoms with Crippen LogP contribution in [0.4, 0.5) is 0 Å². The van der Waals surface area contributed by atoms with Crippen molar-refractivity contribution in [3.63, 3.8) is 0 Å². The van der Waals surface area contributed by atoms with Gasteiger partial charge < -0.3 is 10.2 Å². The first kappa shape index (κ1) is 13.0. The third kappa shape index (κ3) is 4.21. The van der Waals surface area contributed by atoms with Gasteiger partial charge in [0.15, 0.2) is 0 Å². The molecule has 0 aliphatic carbocycles. The smallest absolute Gasteiger partial charge is 0.252 e. The predicted octanol–water partition coefficient (Wildman–Crippen LogP) is 2.02. The fourth-order valence-electron chi connectivity index (χ4n) is 1.34. The van der Waals surface area contributed by atoms with E-state index in [9.17, 15) is 4.79 Å². The normalized spacial score (nSPS) is 10.5. The van der Waals surface area contributed by atoms with Crippen molar-refractivity contribution in [1.82, 2.24) is 10.2 Å². The summed E-state index contributed by atoms with van der Waals surface area (Å²) in [6.07, 6.45) is 0.934. The van der Waals surface area contributed by atoms with Gasteiger partial charge in [0, 0.05) is 6.54 Å². The Morgan fingerprint density at radius 2 is 2.06 bits per heavy atom. The Morgan fingerprint density at radius 3 is 2.69 bits per heavy atom. The highest BCUT2D eigenvalue weighted by Crippen LogP contribution is 2.14. The molecule has 88 valence electrons. The summed E-state index contributed by atoms with van der Waals surface area (Å²) < 4.78 is 0. The Balaban J connectivity index is 2.39. The number of hydrogen-bond donors (Lipinski definition) is 1. The van der Waals surface area contributed by atoms with Crippen LogP contribution in [0.5, 0.6) is 0 Å². The van der Waals surface area contributed by atoms with Crippen LogP contribution in [0.3, 0.4) is 0 Å². The van der Waals surface area contributed by atoms with E-state index in [4.69, 9.17) is 11.6 Å². The van der Waals surface area contributed by atoms with Crippen LogP contribution in [0.25, 0.3) is 0 Å². The third-order valence-corrected chi connectivity index (χ3v) is 2.52. The number of carbonyl (C=O) groups is 1. The van der Waals surface area contributed by atoms with Gasteiger partial charge in [-0.15, -0.1) is 0 Å². The van der Waals surface area contributed by atoms with E-state index in [2.05, 4.69) is 10.2 Å². The van der Waals surface area contributed by atoms with Gasteiger partial charge in [-0.05, 0) is 39.2 Å². The first-order valence-electron chi connectivity index (χ1n) is 5.28. The number of nitrogens with zero attached hydrogens (tertiary/aromatic N) is 1. The average Bonchev–Trinajstić information content (AvgIpc) is 2.24. The molecular formula is C12H17ClN2O. The van der Waals surface area contributed by atoms with Gasteiger partial charge >= 0.3 is 0 Å². The zero-order valence-corrected chi connectivity index (χ0v) is 10.4.